The number of fused-ring (bicyclic) bond motifs is 3. The van der Waals surface area contributed by atoms with Gasteiger partial charge in [0.25, 0.3) is 0 Å². The molecule has 0 radical (unpaired) electrons. The fourth-order valence-corrected chi connectivity index (χ4v) is 2.21. The maximum absolute atomic E-state index is 5.58. The molecule has 2 aromatic rings. The van der Waals surface area contributed by atoms with Gasteiger partial charge in [-0.2, -0.15) is 4.68 Å². The van der Waals surface area contributed by atoms with Gasteiger partial charge in [0.1, 0.15) is 0 Å². The van der Waals surface area contributed by atoms with Gasteiger partial charge in [-0.05, 0) is 35.4 Å². The van der Waals surface area contributed by atoms with Crippen LogP contribution in [0.4, 0.5) is 0 Å². The molecule has 1 aromatic heterocycles. The van der Waals surface area contributed by atoms with E-state index in [9.17, 15) is 0 Å². The van der Waals surface area contributed by atoms with E-state index in [0.717, 1.165) is 35.9 Å². The second kappa shape index (κ2) is 4.29. The van der Waals surface area contributed by atoms with Crippen LogP contribution < -0.4 is 9.47 Å². The Morgan fingerprint density at radius 3 is 2.94 bits per heavy atom. The predicted molar refractivity (Wildman–Crippen MR) is 64.3 cm³/mol. The van der Waals surface area contributed by atoms with E-state index in [0.29, 0.717) is 6.61 Å². The molecule has 1 aliphatic heterocycles. The number of hydrogen-bond acceptors (Lipinski definition) is 5. The quantitative estimate of drug-likeness (QED) is 0.813. The van der Waals surface area contributed by atoms with E-state index in [1.807, 2.05) is 19.1 Å². The topological polar surface area (TPSA) is 62.1 Å². The first kappa shape index (κ1) is 11.0. The molecule has 2 heterocycles. The van der Waals surface area contributed by atoms with Crippen molar-refractivity contribution in [2.24, 2.45) is 0 Å². The second-order valence-electron chi connectivity index (χ2n) is 4.07. The van der Waals surface area contributed by atoms with Crippen molar-refractivity contribution in [3.63, 3.8) is 0 Å². The molecule has 0 saturated carbocycles. The summed E-state index contributed by atoms with van der Waals surface area (Å²) >= 11 is 0. The fraction of sp³-hybridized carbons (Fsp3) is 0.417. The zero-order valence-electron chi connectivity index (χ0n) is 10.4. The summed E-state index contributed by atoms with van der Waals surface area (Å²) in [6.07, 6.45) is 1.76. The number of benzene rings is 1. The zero-order chi connectivity index (χ0) is 12.5. The molecule has 94 valence electrons. The average molecular weight is 246 g/mol. The largest absolute Gasteiger partial charge is 0.493 e. The molecule has 1 aliphatic rings. The lowest BCUT2D eigenvalue weighted by Gasteiger charge is -2.19. The summed E-state index contributed by atoms with van der Waals surface area (Å²) in [7, 11) is 1.65. The summed E-state index contributed by atoms with van der Waals surface area (Å²) < 4.78 is 12.7. The van der Waals surface area contributed by atoms with Crippen molar-refractivity contribution in [1.29, 1.82) is 0 Å². The first-order chi connectivity index (χ1) is 8.83. The van der Waals surface area contributed by atoms with Crippen LogP contribution >= 0.6 is 0 Å². The SMILES string of the molecule is CCOc1cc2c(cc1OC)CCc1nnnn1-2. The van der Waals surface area contributed by atoms with Crippen molar-refractivity contribution in [2.75, 3.05) is 13.7 Å². The van der Waals surface area contributed by atoms with Gasteiger partial charge in [-0.1, -0.05) is 0 Å². The van der Waals surface area contributed by atoms with Crippen LogP contribution in [0.5, 0.6) is 11.5 Å². The van der Waals surface area contributed by atoms with Crippen molar-refractivity contribution in [3.8, 4) is 17.2 Å². The van der Waals surface area contributed by atoms with Crippen LogP contribution in [0.2, 0.25) is 0 Å². The minimum absolute atomic E-state index is 0.595. The van der Waals surface area contributed by atoms with Crippen LogP contribution in [0.15, 0.2) is 12.1 Å². The van der Waals surface area contributed by atoms with Crippen LogP contribution in [0.25, 0.3) is 5.69 Å². The molecule has 0 atom stereocenters. The normalized spacial score (nSPS) is 12.8. The van der Waals surface area contributed by atoms with E-state index in [1.165, 1.54) is 5.56 Å². The fourth-order valence-electron chi connectivity index (χ4n) is 2.21. The molecule has 0 unspecified atom stereocenters. The second-order valence-corrected chi connectivity index (χ2v) is 4.07. The molecule has 3 rings (SSSR count). The monoisotopic (exact) mass is 246 g/mol. The maximum Gasteiger partial charge on any atom is 0.163 e. The highest BCUT2D eigenvalue weighted by molar-refractivity contribution is 5.55. The summed E-state index contributed by atoms with van der Waals surface area (Å²) in [5.41, 5.74) is 2.15. The average Bonchev–Trinajstić information content (AvgIpc) is 2.87. The van der Waals surface area contributed by atoms with Gasteiger partial charge in [0, 0.05) is 12.5 Å². The van der Waals surface area contributed by atoms with Gasteiger partial charge >= 0.3 is 0 Å². The molecule has 18 heavy (non-hydrogen) atoms. The van der Waals surface area contributed by atoms with Gasteiger partial charge in [-0.15, -0.1) is 5.10 Å². The molecule has 6 heteroatoms. The zero-order valence-corrected chi connectivity index (χ0v) is 10.4. The smallest absolute Gasteiger partial charge is 0.163 e. The number of aryl methyl sites for hydroxylation is 2. The Morgan fingerprint density at radius 2 is 2.17 bits per heavy atom. The van der Waals surface area contributed by atoms with E-state index >= 15 is 0 Å². The Labute approximate surface area is 105 Å². The van der Waals surface area contributed by atoms with E-state index in [1.54, 1.807) is 11.8 Å². The van der Waals surface area contributed by atoms with E-state index in [2.05, 4.69) is 15.5 Å². The van der Waals surface area contributed by atoms with Gasteiger partial charge in [-0.25, -0.2) is 0 Å². The lowest BCUT2D eigenvalue weighted by molar-refractivity contribution is 0.310. The predicted octanol–water partition coefficient (Wildman–Crippen LogP) is 1.17. The minimum atomic E-state index is 0.595. The van der Waals surface area contributed by atoms with Crippen LogP contribution in [0, 0.1) is 0 Å². The number of hydrogen-bond donors (Lipinski definition) is 0. The number of methoxy groups -OCH3 is 1. The van der Waals surface area contributed by atoms with E-state index in [-0.39, 0.29) is 0 Å². The Bertz CT molecular complexity index is 579. The highest BCUT2D eigenvalue weighted by Gasteiger charge is 2.21. The van der Waals surface area contributed by atoms with Crippen LogP contribution in [0.3, 0.4) is 0 Å². The third-order valence-corrected chi connectivity index (χ3v) is 3.04. The molecule has 0 N–H and O–H groups in total. The van der Waals surface area contributed by atoms with Crippen molar-refractivity contribution < 1.29 is 9.47 Å². The van der Waals surface area contributed by atoms with Gasteiger partial charge in [0.2, 0.25) is 0 Å². The molecule has 6 nitrogen and oxygen atoms in total. The molecule has 0 spiro atoms. The van der Waals surface area contributed by atoms with Gasteiger partial charge < -0.3 is 9.47 Å². The van der Waals surface area contributed by atoms with Crippen molar-refractivity contribution in [1.82, 2.24) is 20.2 Å². The standard InChI is InChI=1S/C12H14N4O2/c1-3-18-11-7-9-8(6-10(11)17-2)4-5-12-13-14-15-16(9)12/h6-7H,3-5H2,1-2H3. The third-order valence-electron chi connectivity index (χ3n) is 3.04. The van der Waals surface area contributed by atoms with Gasteiger partial charge in [0.05, 0.1) is 19.4 Å². The van der Waals surface area contributed by atoms with Crippen LogP contribution in [-0.2, 0) is 12.8 Å². The minimum Gasteiger partial charge on any atom is -0.493 e. The first-order valence-corrected chi connectivity index (χ1v) is 5.94. The highest BCUT2D eigenvalue weighted by Crippen LogP contribution is 2.34. The molecule has 0 bridgehead atoms. The van der Waals surface area contributed by atoms with Crippen molar-refractivity contribution >= 4 is 0 Å². The molecule has 0 amide bonds. The summed E-state index contributed by atoms with van der Waals surface area (Å²) in [5, 5.41) is 11.7. The molecule has 1 aromatic carbocycles. The number of ether oxygens (including phenoxy) is 2. The Balaban J connectivity index is 2.15. The van der Waals surface area contributed by atoms with Crippen LogP contribution in [-0.4, -0.2) is 33.9 Å². The number of rotatable bonds is 3. The summed E-state index contributed by atoms with van der Waals surface area (Å²) in [5.74, 6) is 2.37. The van der Waals surface area contributed by atoms with E-state index < -0.39 is 0 Å². The van der Waals surface area contributed by atoms with Crippen LogP contribution in [0.1, 0.15) is 18.3 Å². The Hall–Kier alpha value is -2.11. The van der Waals surface area contributed by atoms with Gasteiger partial charge in [-0.3, -0.25) is 0 Å². The molecular formula is C12H14N4O2. The maximum atomic E-state index is 5.58. The molecule has 0 saturated heterocycles. The van der Waals surface area contributed by atoms with Crippen molar-refractivity contribution in [2.45, 2.75) is 19.8 Å². The number of tetrazole rings is 1. The van der Waals surface area contributed by atoms with Gasteiger partial charge in [0.15, 0.2) is 17.3 Å². The molecule has 0 fully saturated rings. The summed E-state index contributed by atoms with van der Waals surface area (Å²) in [6.45, 7) is 2.54. The Kier molecular flexibility index (Phi) is 2.62. The third kappa shape index (κ3) is 1.61. The number of aromatic nitrogens is 4. The van der Waals surface area contributed by atoms with E-state index in [4.69, 9.17) is 9.47 Å². The number of nitrogens with zero attached hydrogens (tertiary/aromatic N) is 4. The first-order valence-electron chi connectivity index (χ1n) is 5.94. The van der Waals surface area contributed by atoms with Crippen molar-refractivity contribution in [3.05, 3.63) is 23.5 Å². The molecular weight excluding hydrogens is 232 g/mol. The lowest BCUT2D eigenvalue weighted by atomic mass is 10.0. The summed E-state index contributed by atoms with van der Waals surface area (Å²) in [6, 6.07) is 3.95. The Morgan fingerprint density at radius 1 is 1.28 bits per heavy atom. The lowest BCUT2D eigenvalue weighted by Crippen LogP contribution is -2.14. The highest BCUT2D eigenvalue weighted by atomic mass is 16.5. The summed E-state index contributed by atoms with van der Waals surface area (Å²) in [4.78, 5) is 0. The molecule has 0 aliphatic carbocycles.